The molecule has 1 aromatic heterocycles. The first-order chi connectivity index (χ1) is 6.31. The lowest BCUT2D eigenvalue weighted by Crippen LogP contribution is -1.80. The molecule has 13 heavy (non-hydrogen) atoms. The Labute approximate surface area is 81.5 Å². The average Bonchev–Trinajstić information content (AvgIpc) is 2.48. The molecule has 0 atom stereocenters. The first kappa shape index (κ1) is 8.51. The molecule has 3 N–H and O–H groups in total. The van der Waals surface area contributed by atoms with Gasteiger partial charge in [-0.25, -0.2) is 0 Å². The van der Waals surface area contributed by atoms with Gasteiger partial charge in [0.2, 0.25) is 0 Å². The molecule has 0 fully saturated rings. The SMILES string of the molecule is CCSc1ccc2c(N)c[nH]c2c1. The maximum Gasteiger partial charge on any atom is 0.0571 e. The molecule has 0 spiro atoms. The van der Waals surface area contributed by atoms with E-state index in [2.05, 4.69) is 30.1 Å². The minimum Gasteiger partial charge on any atom is -0.397 e. The normalized spacial score (nSPS) is 10.8. The van der Waals surface area contributed by atoms with E-state index in [1.165, 1.54) is 4.90 Å². The number of rotatable bonds is 2. The van der Waals surface area contributed by atoms with Crippen molar-refractivity contribution in [1.29, 1.82) is 0 Å². The molecule has 0 bridgehead atoms. The van der Waals surface area contributed by atoms with Gasteiger partial charge in [-0.15, -0.1) is 11.8 Å². The Hall–Kier alpha value is -1.09. The summed E-state index contributed by atoms with van der Waals surface area (Å²) in [7, 11) is 0. The molecule has 0 aliphatic carbocycles. The number of nitrogens with two attached hydrogens (primary N) is 1. The van der Waals surface area contributed by atoms with E-state index in [9.17, 15) is 0 Å². The number of aromatic amines is 1. The maximum atomic E-state index is 5.76. The predicted molar refractivity (Wildman–Crippen MR) is 59.1 cm³/mol. The monoisotopic (exact) mass is 192 g/mol. The zero-order chi connectivity index (χ0) is 9.26. The summed E-state index contributed by atoms with van der Waals surface area (Å²) in [5.41, 5.74) is 7.71. The zero-order valence-electron chi connectivity index (χ0n) is 7.50. The number of fused-ring (bicyclic) bond motifs is 1. The highest BCUT2D eigenvalue weighted by Crippen LogP contribution is 2.25. The molecular weight excluding hydrogens is 180 g/mol. The lowest BCUT2D eigenvalue weighted by atomic mass is 10.2. The van der Waals surface area contributed by atoms with Crippen molar-refractivity contribution in [3.8, 4) is 0 Å². The van der Waals surface area contributed by atoms with Crippen LogP contribution in [0.5, 0.6) is 0 Å². The highest BCUT2D eigenvalue weighted by Gasteiger charge is 2.00. The molecule has 1 heterocycles. The Bertz CT molecular complexity index is 420. The van der Waals surface area contributed by atoms with Gasteiger partial charge >= 0.3 is 0 Å². The molecule has 0 saturated heterocycles. The van der Waals surface area contributed by atoms with Gasteiger partial charge in [-0.2, -0.15) is 0 Å². The Kier molecular flexibility index (Phi) is 2.19. The summed E-state index contributed by atoms with van der Waals surface area (Å²) in [6.07, 6.45) is 1.84. The van der Waals surface area contributed by atoms with Gasteiger partial charge in [0.25, 0.3) is 0 Å². The first-order valence-corrected chi connectivity index (χ1v) is 5.29. The van der Waals surface area contributed by atoms with Gasteiger partial charge in [0.1, 0.15) is 0 Å². The summed E-state index contributed by atoms with van der Waals surface area (Å²) in [6.45, 7) is 2.15. The first-order valence-electron chi connectivity index (χ1n) is 4.30. The van der Waals surface area contributed by atoms with Crippen LogP contribution >= 0.6 is 11.8 Å². The topological polar surface area (TPSA) is 41.8 Å². The standard InChI is InChI=1S/C10H12N2S/c1-2-13-7-3-4-8-9(11)6-12-10(8)5-7/h3-6,12H,2,11H2,1H3. The second-order valence-corrected chi connectivity index (χ2v) is 4.22. The molecular formula is C10H12N2S. The maximum absolute atomic E-state index is 5.76. The lowest BCUT2D eigenvalue weighted by Gasteiger charge is -1.98. The second-order valence-electron chi connectivity index (χ2n) is 2.88. The Balaban J connectivity index is 2.50. The summed E-state index contributed by atoms with van der Waals surface area (Å²) in [5.74, 6) is 1.10. The van der Waals surface area contributed by atoms with Crippen LogP contribution in [-0.2, 0) is 0 Å². The van der Waals surface area contributed by atoms with Crippen molar-refractivity contribution in [3.63, 3.8) is 0 Å². The van der Waals surface area contributed by atoms with Crippen LogP contribution in [0.2, 0.25) is 0 Å². The molecule has 0 unspecified atom stereocenters. The molecule has 68 valence electrons. The fourth-order valence-corrected chi connectivity index (χ4v) is 2.08. The van der Waals surface area contributed by atoms with Crippen molar-refractivity contribution in [2.75, 3.05) is 11.5 Å². The van der Waals surface area contributed by atoms with Gasteiger partial charge in [0.05, 0.1) is 5.69 Å². The van der Waals surface area contributed by atoms with Crippen molar-refractivity contribution in [3.05, 3.63) is 24.4 Å². The van der Waals surface area contributed by atoms with Gasteiger partial charge in [-0.1, -0.05) is 6.92 Å². The van der Waals surface area contributed by atoms with E-state index in [-0.39, 0.29) is 0 Å². The fourth-order valence-electron chi connectivity index (χ4n) is 1.38. The fraction of sp³-hybridized carbons (Fsp3) is 0.200. The van der Waals surface area contributed by atoms with Crippen molar-refractivity contribution in [1.82, 2.24) is 4.98 Å². The van der Waals surface area contributed by atoms with E-state index in [0.717, 1.165) is 22.3 Å². The number of hydrogen-bond donors (Lipinski definition) is 2. The molecule has 0 amide bonds. The van der Waals surface area contributed by atoms with Crippen molar-refractivity contribution in [2.45, 2.75) is 11.8 Å². The van der Waals surface area contributed by atoms with Crippen LogP contribution in [0.3, 0.4) is 0 Å². The van der Waals surface area contributed by atoms with Gasteiger partial charge < -0.3 is 10.7 Å². The molecule has 2 nitrogen and oxygen atoms in total. The third-order valence-electron chi connectivity index (χ3n) is 2.00. The summed E-state index contributed by atoms with van der Waals surface area (Å²) >= 11 is 1.84. The highest BCUT2D eigenvalue weighted by molar-refractivity contribution is 7.99. The molecule has 1 aromatic carbocycles. The number of anilines is 1. The number of hydrogen-bond acceptors (Lipinski definition) is 2. The number of thioether (sulfide) groups is 1. The van der Waals surface area contributed by atoms with Gasteiger partial charge in [-0.3, -0.25) is 0 Å². The molecule has 2 aromatic rings. The minimum absolute atomic E-state index is 0.822. The Morgan fingerprint density at radius 2 is 2.31 bits per heavy atom. The quantitative estimate of drug-likeness (QED) is 0.718. The van der Waals surface area contributed by atoms with Gasteiger partial charge in [0.15, 0.2) is 0 Å². The lowest BCUT2D eigenvalue weighted by molar-refractivity contribution is 1.42. The van der Waals surface area contributed by atoms with Crippen LogP contribution < -0.4 is 5.73 Å². The molecule has 0 aliphatic rings. The summed E-state index contributed by atoms with van der Waals surface area (Å²) in [4.78, 5) is 4.44. The average molecular weight is 192 g/mol. The van der Waals surface area contributed by atoms with Crippen LogP contribution in [0.25, 0.3) is 10.9 Å². The Morgan fingerprint density at radius 3 is 3.08 bits per heavy atom. The van der Waals surface area contributed by atoms with E-state index in [1.54, 1.807) is 0 Å². The number of nitrogen functional groups attached to an aromatic ring is 1. The largest absolute Gasteiger partial charge is 0.397 e. The molecule has 0 saturated carbocycles. The number of benzene rings is 1. The molecule has 0 aliphatic heterocycles. The van der Waals surface area contributed by atoms with E-state index < -0.39 is 0 Å². The summed E-state index contributed by atoms with van der Waals surface area (Å²) in [5, 5.41) is 1.11. The van der Waals surface area contributed by atoms with E-state index in [1.807, 2.05) is 18.0 Å². The minimum atomic E-state index is 0.822. The van der Waals surface area contributed by atoms with Crippen LogP contribution in [0.1, 0.15) is 6.92 Å². The third-order valence-corrected chi connectivity index (χ3v) is 2.87. The third kappa shape index (κ3) is 1.52. The molecule has 3 heteroatoms. The number of aromatic nitrogens is 1. The summed E-state index contributed by atoms with van der Waals surface area (Å²) in [6, 6.07) is 6.32. The van der Waals surface area contributed by atoms with Gasteiger partial charge in [0, 0.05) is 22.0 Å². The van der Waals surface area contributed by atoms with Crippen LogP contribution in [0.4, 0.5) is 5.69 Å². The van der Waals surface area contributed by atoms with Crippen LogP contribution in [0.15, 0.2) is 29.3 Å². The smallest absolute Gasteiger partial charge is 0.0571 e. The van der Waals surface area contributed by atoms with Crippen molar-refractivity contribution < 1.29 is 0 Å². The second kappa shape index (κ2) is 3.34. The molecule has 2 rings (SSSR count). The highest BCUT2D eigenvalue weighted by atomic mass is 32.2. The predicted octanol–water partition coefficient (Wildman–Crippen LogP) is 2.86. The van der Waals surface area contributed by atoms with Crippen molar-refractivity contribution in [2.24, 2.45) is 0 Å². The van der Waals surface area contributed by atoms with Crippen molar-refractivity contribution >= 4 is 28.4 Å². The van der Waals surface area contributed by atoms with E-state index >= 15 is 0 Å². The Morgan fingerprint density at radius 1 is 1.46 bits per heavy atom. The van der Waals surface area contributed by atoms with Gasteiger partial charge in [-0.05, 0) is 24.0 Å². The number of H-pyrrole nitrogens is 1. The van der Waals surface area contributed by atoms with E-state index in [0.29, 0.717) is 0 Å². The van der Waals surface area contributed by atoms with E-state index in [4.69, 9.17) is 5.73 Å². The molecule has 0 radical (unpaired) electrons. The number of nitrogens with one attached hydrogen (secondary N) is 1. The van der Waals surface area contributed by atoms with Crippen LogP contribution in [-0.4, -0.2) is 10.7 Å². The summed E-state index contributed by atoms with van der Waals surface area (Å²) < 4.78 is 0. The van der Waals surface area contributed by atoms with Crippen LogP contribution in [0, 0.1) is 0 Å². The zero-order valence-corrected chi connectivity index (χ0v) is 8.32.